The number of nitrogens with two attached hydrogens (primary N) is 2. The number of likely N-dealkylation sites (N-methyl/N-ethyl adjacent to an activating group) is 1. The van der Waals surface area contributed by atoms with Crippen molar-refractivity contribution in [1.82, 2.24) is 28.6 Å². The molecule has 0 atom stereocenters. The number of aryl methyl sites for hydroxylation is 2. The number of aliphatic hydroxyl groups excluding tert-OH is 1. The van der Waals surface area contributed by atoms with Gasteiger partial charge in [-0.25, -0.2) is 14.8 Å². The minimum Gasteiger partial charge on any atom is -0.415 e. The summed E-state index contributed by atoms with van der Waals surface area (Å²) in [5.74, 6) is 0.516. The Balaban J connectivity index is 1.86. The minimum absolute atomic E-state index is 0.00191. The highest BCUT2D eigenvalue weighted by Gasteiger charge is 2.23. The molecular formula is C26H35FN8O4. The summed E-state index contributed by atoms with van der Waals surface area (Å²) in [4.78, 5) is 37.9. The van der Waals surface area contributed by atoms with Crippen molar-refractivity contribution in [3.8, 4) is 0 Å². The number of oxazole rings is 1. The lowest BCUT2D eigenvalue weighted by Crippen LogP contribution is -2.41. The van der Waals surface area contributed by atoms with Crippen LogP contribution in [0.2, 0.25) is 0 Å². The van der Waals surface area contributed by atoms with Gasteiger partial charge in [0.05, 0.1) is 13.0 Å². The fraction of sp³-hybridized carbons (Fsp3) is 0.462. The van der Waals surface area contributed by atoms with Gasteiger partial charge < -0.3 is 25.6 Å². The minimum atomic E-state index is -0.823. The number of hydrogen-bond donors (Lipinski definition) is 3. The van der Waals surface area contributed by atoms with Crippen molar-refractivity contribution in [1.29, 1.82) is 0 Å². The molecule has 3 aromatic heterocycles. The molecule has 5 N–H and O–H groups in total. The number of halogens is 1. The third-order valence-electron chi connectivity index (χ3n) is 6.75. The summed E-state index contributed by atoms with van der Waals surface area (Å²) in [6, 6.07) is 4.41. The standard InChI is InChI=1S/C26H35FN8O4/c1-3-8-35-25(37)23-24(34(26(35)38)9-7-17-5-6-18(28)14-19(17)29)31-21(15-22-30-16-20(27)39-22)33(23)11-10-32(4-2)12-13-36/h5-6,14,16,36H,3-4,7-13,15,28-29H2,1-2H3. The van der Waals surface area contributed by atoms with E-state index in [4.69, 9.17) is 20.9 Å². The van der Waals surface area contributed by atoms with E-state index in [-0.39, 0.29) is 43.2 Å². The zero-order valence-electron chi connectivity index (χ0n) is 22.3. The molecule has 0 unspecified atom stereocenters. The van der Waals surface area contributed by atoms with Gasteiger partial charge >= 0.3 is 5.69 Å². The first-order valence-corrected chi connectivity index (χ1v) is 13.1. The Labute approximate surface area is 224 Å². The molecule has 4 rings (SSSR count). The molecular weight excluding hydrogens is 507 g/mol. The zero-order chi connectivity index (χ0) is 28.1. The SMILES string of the molecule is CCCn1c(=O)c2c(nc(Cc3ncc(F)o3)n2CCN(CC)CCO)n(CCc2ccc(N)cc2N)c1=O. The molecule has 4 aromatic rings. The molecule has 12 nitrogen and oxygen atoms in total. The first kappa shape index (κ1) is 28.0. The van der Waals surface area contributed by atoms with E-state index in [0.29, 0.717) is 56.2 Å². The van der Waals surface area contributed by atoms with E-state index in [1.807, 2.05) is 24.8 Å². The summed E-state index contributed by atoms with van der Waals surface area (Å²) >= 11 is 0. The highest BCUT2D eigenvalue weighted by atomic mass is 19.1. The van der Waals surface area contributed by atoms with Gasteiger partial charge in [-0.05, 0) is 37.1 Å². The van der Waals surface area contributed by atoms with Gasteiger partial charge in [0.25, 0.3) is 11.6 Å². The van der Waals surface area contributed by atoms with Gasteiger partial charge in [0.15, 0.2) is 11.2 Å². The highest BCUT2D eigenvalue weighted by Crippen LogP contribution is 2.19. The number of nitrogen functional groups attached to an aromatic ring is 2. The lowest BCUT2D eigenvalue weighted by Gasteiger charge is -2.20. The molecule has 0 aliphatic heterocycles. The molecule has 0 fully saturated rings. The van der Waals surface area contributed by atoms with Crippen molar-refractivity contribution in [3.63, 3.8) is 0 Å². The molecule has 0 bridgehead atoms. The zero-order valence-corrected chi connectivity index (χ0v) is 22.3. The number of imidazole rings is 1. The monoisotopic (exact) mass is 542 g/mol. The lowest BCUT2D eigenvalue weighted by atomic mass is 10.1. The molecule has 0 radical (unpaired) electrons. The second-order valence-electron chi connectivity index (χ2n) is 9.34. The third-order valence-corrected chi connectivity index (χ3v) is 6.75. The summed E-state index contributed by atoms with van der Waals surface area (Å²) in [5.41, 5.74) is 13.5. The van der Waals surface area contributed by atoms with E-state index in [9.17, 15) is 19.1 Å². The molecule has 0 aliphatic carbocycles. The number of benzene rings is 1. The van der Waals surface area contributed by atoms with Crippen LogP contribution in [0.4, 0.5) is 15.8 Å². The first-order valence-electron chi connectivity index (χ1n) is 13.1. The van der Waals surface area contributed by atoms with E-state index >= 15 is 0 Å². The van der Waals surface area contributed by atoms with E-state index in [1.54, 1.807) is 16.7 Å². The van der Waals surface area contributed by atoms with E-state index in [0.717, 1.165) is 11.8 Å². The molecule has 0 saturated carbocycles. The topological polar surface area (TPSA) is 163 Å². The van der Waals surface area contributed by atoms with Crippen molar-refractivity contribution < 1.29 is 13.9 Å². The van der Waals surface area contributed by atoms with Crippen LogP contribution >= 0.6 is 0 Å². The molecule has 39 heavy (non-hydrogen) atoms. The Morgan fingerprint density at radius 3 is 2.51 bits per heavy atom. The summed E-state index contributed by atoms with van der Waals surface area (Å²) in [6.07, 6.45) is 2.00. The number of aliphatic hydroxyl groups is 1. The van der Waals surface area contributed by atoms with Crippen molar-refractivity contribution in [2.24, 2.45) is 0 Å². The Morgan fingerprint density at radius 2 is 1.87 bits per heavy atom. The van der Waals surface area contributed by atoms with Crippen LogP contribution in [0, 0.1) is 6.01 Å². The fourth-order valence-corrected chi connectivity index (χ4v) is 4.72. The van der Waals surface area contributed by atoms with E-state index in [2.05, 4.69) is 4.98 Å². The number of anilines is 2. The molecule has 0 spiro atoms. The van der Waals surface area contributed by atoms with Crippen molar-refractivity contribution >= 4 is 22.5 Å². The van der Waals surface area contributed by atoms with Crippen LogP contribution in [-0.2, 0) is 32.5 Å². The van der Waals surface area contributed by atoms with Gasteiger partial charge in [-0.1, -0.05) is 19.9 Å². The smallest absolute Gasteiger partial charge is 0.332 e. The van der Waals surface area contributed by atoms with Crippen molar-refractivity contribution in [2.45, 2.75) is 52.7 Å². The van der Waals surface area contributed by atoms with Crippen LogP contribution in [-0.4, -0.2) is 59.9 Å². The Morgan fingerprint density at radius 1 is 1.08 bits per heavy atom. The maximum Gasteiger partial charge on any atom is 0.332 e. The second kappa shape index (κ2) is 12.3. The predicted octanol–water partition coefficient (Wildman–Crippen LogP) is 1.21. The molecule has 1 aromatic carbocycles. The Bertz CT molecular complexity index is 1550. The maximum atomic E-state index is 13.7. The average molecular weight is 543 g/mol. The fourth-order valence-electron chi connectivity index (χ4n) is 4.72. The number of aromatic nitrogens is 5. The maximum absolute atomic E-state index is 13.7. The summed E-state index contributed by atoms with van der Waals surface area (Å²) in [6.45, 7) is 6.38. The van der Waals surface area contributed by atoms with Gasteiger partial charge in [0.2, 0.25) is 5.89 Å². The van der Waals surface area contributed by atoms with Gasteiger partial charge in [-0.3, -0.25) is 18.8 Å². The van der Waals surface area contributed by atoms with Gasteiger partial charge in [-0.15, -0.1) is 0 Å². The molecule has 3 heterocycles. The second-order valence-corrected chi connectivity index (χ2v) is 9.34. The molecule has 0 aliphatic rings. The number of rotatable bonds is 13. The first-order chi connectivity index (χ1) is 18.8. The normalized spacial score (nSPS) is 11.7. The lowest BCUT2D eigenvalue weighted by molar-refractivity contribution is 0.197. The summed E-state index contributed by atoms with van der Waals surface area (Å²) < 4.78 is 23.1. The van der Waals surface area contributed by atoms with Crippen molar-refractivity contribution in [3.05, 3.63) is 68.5 Å². The highest BCUT2D eigenvalue weighted by molar-refractivity contribution is 5.71. The van der Waals surface area contributed by atoms with Crippen LogP contribution in [0.5, 0.6) is 0 Å². The summed E-state index contributed by atoms with van der Waals surface area (Å²) in [7, 11) is 0. The van der Waals surface area contributed by atoms with Crippen LogP contribution in [0.25, 0.3) is 11.2 Å². The molecule has 0 saturated heterocycles. The Kier molecular flexibility index (Phi) is 8.82. The number of nitrogens with zero attached hydrogens (tertiary/aromatic N) is 6. The van der Waals surface area contributed by atoms with Crippen LogP contribution in [0.1, 0.15) is 37.5 Å². The van der Waals surface area contributed by atoms with Gasteiger partial charge in [0.1, 0.15) is 12.0 Å². The van der Waals surface area contributed by atoms with E-state index < -0.39 is 17.3 Å². The van der Waals surface area contributed by atoms with Crippen molar-refractivity contribution in [2.75, 3.05) is 37.7 Å². The van der Waals surface area contributed by atoms with E-state index in [1.165, 1.54) is 9.13 Å². The average Bonchev–Trinajstić information content (AvgIpc) is 3.48. The quantitative estimate of drug-likeness (QED) is 0.211. The van der Waals surface area contributed by atoms with Crippen LogP contribution < -0.4 is 22.7 Å². The Hall–Kier alpha value is -3.97. The molecule has 13 heteroatoms. The molecule has 0 amide bonds. The summed E-state index contributed by atoms with van der Waals surface area (Å²) in [5, 5.41) is 9.42. The predicted molar refractivity (Wildman–Crippen MR) is 146 cm³/mol. The van der Waals surface area contributed by atoms with Gasteiger partial charge in [0, 0.05) is 44.1 Å². The van der Waals surface area contributed by atoms with Crippen LogP contribution in [0.3, 0.4) is 0 Å². The van der Waals surface area contributed by atoms with Gasteiger partial charge in [-0.2, -0.15) is 4.39 Å². The largest absolute Gasteiger partial charge is 0.415 e. The number of fused-ring (bicyclic) bond motifs is 1. The third kappa shape index (κ3) is 6.04. The number of hydrogen-bond acceptors (Lipinski definition) is 9. The molecule has 210 valence electrons. The van der Waals surface area contributed by atoms with Crippen LogP contribution in [0.15, 0.2) is 38.4 Å².